The molecule has 0 aromatic carbocycles. The Morgan fingerprint density at radius 3 is 1.80 bits per heavy atom. The van der Waals surface area contributed by atoms with E-state index in [1.807, 2.05) is 0 Å². The van der Waals surface area contributed by atoms with Crippen molar-refractivity contribution in [2.45, 2.75) is 20.2 Å². The third-order valence-corrected chi connectivity index (χ3v) is 0.707. The van der Waals surface area contributed by atoms with Gasteiger partial charge in [-0.25, -0.2) is 0 Å². The molecule has 0 heterocycles. The number of hydrogen-bond donors (Lipinski definition) is 0. The molecule has 29 valence electrons. The molecule has 0 unspecified atom stereocenters. The molecule has 5 heavy (non-hydrogen) atoms. The van der Waals surface area contributed by atoms with Gasteiger partial charge in [0.1, 0.15) is 7.85 Å². The first-order chi connectivity index (χ1) is 2.27. The molecule has 0 aromatic heterocycles. The van der Waals surface area contributed by atoms with Crippen LogP contribution in [0.4, 0.5) is 0 Å². The molecule has 0 aromatic rings. The summed E-state index contributed by atoms with van der Waals surface area (Å²) in [5.74, 6) is 1.50. The van der Waals surface area contributed by atoms with Crippen molar-refractivity contribution in [3.8, 4) is 0 Å². The van der Waals surface area contributed by atoms with Gasteiger partial charge in [-0.2, -0.15) is 0 Å². The van der Waals surface area contributed by atoms with Gasteiger partial charge in [-0.05, 0) is 5.92 Å². The maximum Gasteiger partial charge on any atom is 0.102 e. The van der Waals surface area contributed by atoms with E-state index in [1.165, 1.54) is 12.2 Å². The van der Waals surface area contributed by atoms with Crippen LogP contribution >= 0.6 is 0 Å². The molecule has 0 fully saturated rings. The zero-order valence-corrected chi connectivity index (χ0v) is 4.21. The molecule has 0 bridgehead atoms. The smallest absolute Gasteiger partial charge is 0.0756 e. The lowest BCUT2D eigenvalue weighted by atomic mass is 9.95. The summed E-state index contributed by atoms with van der Waals surface area (Å²) in [6, 6.07) is 0. The SMILES string of the molecule is BC[C](C)C. The molecule has 0 spiro atoms. The highest BCUT2D eigenvalue weighted by atomic mass is 13.8. The van der Waals surface area contributed by atoms with Crippen molar-refractivity contribution < 1.29 is 0 Å². The molecular formula is C4H10B. The Hall–Kier alpha value is 0.0649. The summed E-state index contributed by atoms with van der Waals surface area (Å²) in [4.78, 5) is 0. The summed E-state index contributed by atoms with van der Waals surface area (Å²) in [6.07, 6.45) is 1.22. The molecule has 0 aliphatic rings. The van der Waals surface area contributed by atoms with Crippen LogP contribution in [0.2, 0.25) is 6.32 Å². The van der Waals surface area contributed by atoms with E-state index in [4.69, 9.17) is 0 Å². The first-order valence-corrected chi connectivity index (χ1v) is 2.06. The predicted molar refractivity (Wildman–Crippen MR) is 27.9 cm³/mol. The maximum atomic E-state index is 2.16. The van der Waals surface area contributed by atoms with Gasteiger partial charge in [0.05, 0.1) is 0 Å². The highest BCUT2D eigenvalue weighted by molar-refractivity contribution is 6.09. The monoisotopic (exact) mass is 69.1 g/mol. The van der Waals surface area contributed by atoms with Gasteiger partial charge in [0, 0.05) is 0 Å². The van der Waals surface area contributed by atoms with E-state index < -0.39 is 0 Å². The highest BCUT2D eigenvalue weighted by Gasteiger charge is 1.81. The fraction of sp³-hybridized carbons (Fsp3) is 0.750. The van der Waals surface area contributed by atoms with Crippen molar-refractivity contribution in [1.82, 2.24) is 0 Å². The Morgan fingerprint density at radius 2 is 1.80 bits per heavy atom. The summed E-state index contributed by atoms with van der Waals surface area (Å²) in [7, 11) is 2.16. The van der Waals surface area contributed by atoms with Crippen molar-refractivity contribution >= 4 is 7.85 Å². The maximum absolute atomic E-state index is 2.16. The van der Waals surface area contributed by atoms with E-state index in [2.05, 4.69) is 21.7 Å². The van der Waals surface area contributed by atoms with Crippen LogP contribution in [-0.4, -0.2) is 7.85 Å². The average Bonchev–Trinajstić information content (AvgIpc) is 1.38. The van der Waals surface area contributed by atoms with Gasteiger partial charge in [0.25, 0.3) is 0 Å². The topological polar surface area (TPSA) is 0 Å². The molecule has 0 aliphatic heterocycles. The van der Waals surface area contributed by atoms with Crippen LogP contribution in [0.3, 0.4) is 0 Å². The Bertz CT molecular complexity index is 17.6. The Morgan fingerprint density at radius 1 is 1.60 bits per heavy atom. The van der Waals surface area contributed by atoms with Crippen LogP contribution in [0, 0.1) is 5.92 Å². The molecule has 0 saturated heterocycles. The minimum atomic E-state index is 1.22. The molecule has 0 nitrogen and oxygen atoms in total. The summed E-state index contributed by atoms with van der Waals surface area (Å²) < 4.78 is 0. The second kappa shape index (κ2) is 2.31. The molecular weight excluding hydrogens is 58.9 g/mol. The van der Waals surface area contributed by atoms with Crippen LogP contribution in [0.5, 0.6) is 0 Å². The first-order valence-electron chi connectivity index (χ1n) is 2.06. The third kappa shape index (κ3) is 4.06. The Balaban J connectivity index is 2.54. The fourth-order valence-corrected chi connectivity index (χ4v) is 0. The molecule has 0 amide bonds. The molecule has 0 N–H and O–H groups in total. The molecule has 0 atom stereocenters. The Labute approximate surface area is 35.0 Å². The van der Waals surface area contributed by atoms with E-state index in [0.29, 0.717) is 0 Å². The highest BCUT2D eigenvalue weighted by Crippen LogP contribution is 1.95. The molecule has 1 heteroatoms. The molecule has 0 saturated carbocycles. The van der Waals surface area contributed by atoms with Gasteiger partial charge >= 0.3 is 0 Å². The largest absolute Gasteiger partial charge is 0.102 e. The van der Waals surface area contributed by atoms with Gasteiger partial charge in [0.2, 0.25) is 0 Å². The second-order valence-electron chi connectivity index (χ2n) is 1.56. The van der Waals surface area contributed by atoms with Crippen molar-refractivity contribution in [2.24, 2.45) is 0 Å². The zero-order chi connectivity index (χ0) is 4.28. The zero-order valence-electron chi connectivity index (χ0n) is 4.21. The van der Waals surface area contributed by atoms with E-state index >= 15 is 0 Å². The average molecular weight is 68.9 g/mol. The molecule has 0 rings (SSSR count). The van der Waals surface area contributed by atoms with Crippen molar-refractivity contribution in [2.75, 3.05) is 0 Å². The fourth-order valence-electron chi connectivity index (χ4n) is 0. The summed E-state index contributed by atoms with van der Waals surface area (Å²) >= 11 is 0. The Kier molecular flexibility index (Phi) is 2.34. The minimum Gasteiger partial charge on any atom is -0.0756 e. The van der Waals surface area contributed by atoms with Crippen LogP contribution in [0.25, 0.3) is 0 Å². The van der Waals surface area contributed by atoms with Gasteiger partial charge in [0.15, 0.2) is 0 Å². The van der Waals surface area contributed by atoms with E-state index in [-0.39, 0.29) is 0 Å². The standard InChI is InChI=1S/C4H10B/c1-4(2)3-5/h3,5H2,1-2H3. The van der Waals surface area contributed by atoms with Crippen molar-refractivity contribution in [1.29, 1.82) is 0 Å². The lowest BCUT2D eigenvalue weighted by molar-refractivity contribution is 1.10. The summed E-state index contributed by atoms with van der Waals surface area (Å²) in [6.45, 7) is 4.28. The molecule has 1 radical (unpaired) electrons. The van der Waals surface area contributed by atoms with E-state index in [1.54, 1.807) is 0 Å². The number of hydrogen-bond acceptors (Lipinski definition) is 0. The van der Waals surface area contributed by atoms with Crippen molar-refractivity contribution in [3.63, 3.8) is 0 Å². The normalized spacial score (nSPS) is 9.40. The summed E-state index contributed by atoms with van der Waals surface area (Å²) in [5, 5.41) is 0. The van der Waals surface area contributed by atoms with Crippen LogP contribution in [0.1, 0.15) is 13.8 Å². The first kappa shape index (κ1) is 5.06. The minimum absolute atomic E-state index is 1.22. The van der Waals surface area contributed by atoms with E-state index in [9.17, 15) is 0 Å². The van der Waals surface area contributed by atoms with Crippen molar-refractivity contribution in [3.05, 3.63) is 5.92 Å². The van der Waals surface area contributed by atoms with Gasteiger partial charge in [-0.1, -0.05) is 20.2 Å². The second-order valence-corrected chi connectivity index (χ2v) is 1.56. The van der Waals surface area contributed by atoms with Gasteiger partial charge in [-0.3, -0.25) is 0 Å². The number of rotatable bonds is 1. The van der Waals surface area contributed by atoms with Crippen LogP contribution in [0.15, 0.2) is 0 Å². The summed E-state index contributed by atoms with van der Waals surface area (Å²) in [5.41, 5.74) is 0. The third-order valence-electron chi connectivity index (χ3n) is 0.707. The van der Waals surface area contributed by atoms with Crippen LogP contribution in [-0.2, 0) is 0 Å². The molecule has 0 aliphatic carbocycles. The lowest BCUT2D eigenvalue weighted by Crippen LogP contribution is -1.76. The quantitative estimate of drug-likeness (QED) is 0.396. The van der Waals surface area contributed by atoms with E-state index in [0.717, 1.165) is 0 Å². The van der Waals surface area contributed by atoms with Gasteiger partial charge < -0.3 is 0 Å². The van der Waals surface area contributed by atoms with Crippen LogP contribution < -0.4 is 0 Å². The lowest BCUT2D eigenvalue weighted by Gasteiger charge is -1.89. The van der Waals surface area contributed by atoms with Gasteiger partial charge in [-0.15, -0.1) is 0 Å². The predicted octanol–water partition coefficient (Wildman–Crippen LogP) is 0.652.